The molecular weight excluding hydrogens is 368 g/mol. The highest BCUT2D eigenvalue weighted by Gasteiger charge is 2.29. The van der Waals surface area contributed by atoms with Crippen molar-refractivity contribution in [3.63, 3.8) is 0 Å². The molecule has 146 valence electrons. The van der Waals surface area contributed by atoms with Gasteiger partial charge in [-0.1, -0.05) is 23.7 Å². The normalized spacial score (nSPS) is 17.8. The summed E-state index contributed by atoms with van der Waals surface area (Å²) in [6.07, 6.45) is 1.82. The van der Waals surface area contributed by atoms with Crippen molar-refractivity contribution in [3.05, 3.63) is 40.9 Å². The second-order valence-corrected chi connectivity index (χ2v) is 8.05. The maximum absolute atomic E-state index is 12.4. The maximum atomic E-state index is 12.4. The van der Waals surface area contributed by atoms with Crippen LogP contribution in [0.4, 0.5) is 4.79 Å². The van der Waals surface area contributed by atoms with E-state index in [9.17, 15) is 4.79 Å². The molecule has 1 aliphatic rings. The van der Waals surface area contributed by atoms with E-state index in [1.807, 2.05) is 39.0 Å². The van der Waals surface area contributed by atoms with E-state index in [4.69, 9.17) is 25.5 Å². The Labute approximate surface area is 164 Å². The van der Waals surface area contributed by atoms with Crippen molar-refractivity contribution < 1.29 is 18.7 Å². The van der Waals surface area contributed by atoms with Crippen molar-refractivity contribution in [3.8, 4) is 11.3 Å². The highest BCUT2D eigenvalue weighted by Crippen LogP contribution is 2.33. The van der Waals surface area contributed by atoms with Crippen LogP contribution in [0.15, 0.2) is 28.8 Å². The Hall–Kier alpha value is -2.05. The van der Waals surface area contributed by atoms with Gasteiger partial charge in [0.25, 0.3) is 0 Å². The van der Waals surface area contributed by atoms with Crippen LogP contribution < -0.4 is 0 Å². The Kier molecular flexibility index (Phi) is 5.77. The zero-order chi connectivity index (χ0) is 19.6. The minimum absolute atomic E-state index is 0.146. The van der Waals surface area contributed by atoms with Gasteiger partial charge in [-0.3, -0.25) is 0 Å². The topological polar surface area (TPSA) is 64.8 Å². The van der Waals surface area contributed by atoms with E-state index in [1.165, 1.54) is 0 Å². The van der Waals surface area contributed by atoms with Crippen molar-refractivity contribution in [2.45, 2.75) is 45.8 Å². The van der Waals surface area contributed by atoms with Crippen LogP contribution in [0.5, 0.6) is 0 Å². The number of carbonyl (C=O) groups excluding carboxylic acids is 1. The minimum Gasteiger partial charge on any atom is -0.444 e. The molecule has 1 fully saturated rings. The first-order valence-corrected chi connectivity index (χ1v) is 9.40. The number of nitrogens with zero attached hydrogens (tertiary/aromatic N) is 2. The number of amides is 1. The van der Waals surface area contributed by atoms with Gasteiger partial charge in [0, 0.05) is 25.5 Å². The minimum atomic E-state index is -0.519. The number of hydrogen-bond acceptors (Lipinski definition) is 5. The van der Waals surface area contributed by atoms with Crippen molar-refractivity contribution in [2.75, 3.05) is 19.7 Å². The third kappa shape index (κ3) is 5.02. The largest absolute Gasteiger partial charge is 0.444 e. The molecule has 0 spiro atoms. The number of aromatic nitrogens is 1. The standard InChI is InChI=1S/C20H25ClN2O4/c1-13-22-11-17(26-13)18-14(6-5-7-16(18)21)10-15-12-23(8-9-25-15)19(24)27-20(2,3)4/h5-7,11,15H,8-10,12H2,1-4H3. The molecular formula is C20H25ClN2O4. The second-order valence-electron chi connectivity index (χ2n) is 7.64. The predicted octanol–water partition coefficient (Wildman–Crippen LogP) is 4.48. The van der Waals surface area contributed by atoms with Crippen molar-refractivity contribution in [2.24, 2.45) is 0 Å². The van der Waals surface area contributed by atoms with Crippen LogP contribution >= 0.6 is 11.6 Å². The lowest BCUT2D eigenvalue weighted by Gasteiger charge is -2.34. The number of hydrogen-bond donors (Lipinski definition) is 0. The van der Waals surface area contributed by atoms with Gasteiger partial charge in [-0.2, -0.15) is 0 Å². The smallest absolute Gasteiger partial charge is 0.410 e. The molecule has 0 N–H and O–H groups in total. The van der Waals surface area contributed by atoms with Crippen LogP contribution in [0.3, 0.4) is 0 Å². The zero-order valence-electron chi connectivity index (χ0n) is 16.1. The summed E-state index contributed by atoms with van der Waals surface area (Å²) in [6.45, 7) is 8.84. The van der Waals surface area contributed by atoms with Gasteiger partial charge in [0.15, 0.2) is 11.7 Å². The molecule has 7 heteroatoms. The SMILES string of the molecule is Cc1ncc(-c2c(Cl)cccc2CC2CN(C(=O)OC(C)(C)C)CCO2)o1. The molecule has 1 unspecified atom stereocenters. The number of rotatable bonds is 3. The molecule has 2 aromatic rings. The number of ether oxygens (including phenoxy) is 2. The second kappa shape index (κ2) is 7.90. The summed E-state index contributed by atoms with van der Waals surface area (Å²) in [5.41, 5.74) is 1.29. The molecule has 1 saturated heterocycles. The number of benzene rings is 1. The van der Waals surface area contributed by atoms with Gasteiger partial charge in [-0.25, -0.2) is 9.78 Å². The molecule has 1 atom stereocenters. The van der Waals surface area contributed by atoms with E-state index >= 15 is 0 Å². The van der Waals surface area contributed by atoms with Crippen LogP contribution in [0.25, 0.3) is 11.3 Å². The number of halogens is 1. The van der Waals surface area contributed by atoms with Gasteiger partial charge in [0.1, 0.15) is 5.60 Å². The van der Waals surface area contributed by atoms with E-state index in [0.29, 0.717) is 42.8 Å². The first-order valence-electron chi connectivity index (χ1n) is 9.02. The molecule has 1 aromatic carbocycles. The van der Waals surface area contributed by atoms with Gasteiger partial charge >= 0.3 is 6.09 Å². The predicted molar refractivity (Wildman–Crippen MR) is 103 cm³/mol. The first-order chi connectivity index (χ1) is 12.7. The average molecular weight is 393 g/mol. The number of carbonyl (C=O) groups is 1. The lowest BCUT2D eigenvalue weighted by Crippen LogP contribution is -2.48. The molecule has 6 nitrogen and oxygen atoms in total. The monoisotopic (exact) mass is 392 g/mol. The van der Waals surface area contributed by atoms with Crippen LogP contribution in [0, 0.1) is 6.92 Å². The van der Waals surface area contributed by atoms with Gasteiger partial charge in [-0.15, -0.1) is 0 Å². The fourth-order valence-electron chi connectivity index (χ4n) is 3.07. The summed E-state index contributed by atoms with van der Waals surface area (Å²) < 4.78 is 17.0. The van der Waals surface area contributed by atoms with Crippen LogP contribution in [0.2, 0.25) is 5.02 Å². The summed E-state index contributed by atoms with van der Waals surface area (Å²) >= 11 is 6.43. The Morgan fingerprint density at radius 1 is 1.41 bits per heavy atom. The molecule has 1 aliphatic heterocycles. The quantitative estimate of drug-likeness (QED) is 0.770. The maximum Gasteiger partial charge on any atom is 0.410 e. The van der Waals surface area contributed by atoms with Crippen molar-refractivity contribution in [1.82, 2.24) is 9.88 Å². The third-order valence-corrected chi connectivity index (χ3v) is 4.52. The van der Waals surface area contributed by atoms with Crippen molar-refractivity contribution in [1.29, 1.82) is 0 Å². The first kappa shape index (κ1) is 19.7. The summed E-state index contributed by atoms with van der Waals surface area (Å²) in [4.78, 5) is 18.2. The summed E-state index contributed by atoms with van der Waals surface area (Å²) in [5.74, 6) is 1.22. The third-order valence-electron chi connectivity index (χ3n) is 4.21. The highest BCUT2D eigenvalue weighted by atomic mass is 35.5. The molecule has 1 amide bonds. The summed E-state index contributed by atoms with van der Waals surface area (Å²) in [5, 5.41) is 0.600. The Morgan fingerprint density at radius 3 is 2.85 bits per heavy atom. The fraction of sp³-hybridized carbons (Fsp3) is 0.500. The van der Waals surface area contributed by atoms with Gasteiger partial charge < -0.3 is 18.8 Å². The van der Waals surface area contributed by atoms with E-state index in [1.54, 1.807) is 18.0 Å². The molecule has 3 rings (SSSR count). The summed E-state index contributed by atoms with van der Waals surface area (Å²) in [6, 6.07) is 5.72. The Bertz CT molecular complexity index is 813. The molecule has 2 heterocycles. The van der Waals surface area contributed by atoms with Gasteiger partial charge in [-0.05, 0) is 32.4 Å². The lowest BCUT2D eigenvalue weighted by molar-refractivity contribution is -0.0414. The molecule has 27 heavy (non-hydrogen) atoms. The highest BCUT2D eigenvalue weighted by molar-refractivity contribution is 6.33. The molecule has 0 saturated carbocycles. The summed E-state index contributed by atoms with van der Waals surface area (Å²) in [7, 11) is 0. The fourth-order valence-corrected chi connectivity index (χ4v) is 3.36. The molecule has 0 aliphatic carbocycles. The number of morpholine rings is 1. The average Bonchev–Trinajstić information content (AvgIpc) is 2.99. The van der Waals surface area contributed by atoms with Gasteiger partial charge in [0.2, 0.25) is 0 Å². The number of aryl methyl sites for hydroxylation is 1. The van der Waals surface area contributed by atoms with E-state index in [-0.39, 0.29) is 12.2 Å². The Balaban J connectivity index is 1.76. The van der Waals surface area contributed by atoms with Crippen LogP contribution in [-0.2, 0) is 15.9 Å². The Morgan fingerprint density at radius 2 is 2.19 bits per heavy atom. The van der Waals surface area contributed by atoms with E-state index in [2.05, 4.69) is 4.98 Å². The van der Waals surface area contributed by atoms with E-state index in [0.717, 1.165) is 11.1 Å². The molecule has 1 aromatic heterocycles. The van der Waals surface area contributed by atoms with Gasteiger partial charge in [0.05, 0.1) is 30.5 Å². The van der Waals surface area contributed by atoms with Crippen molar-refractivity contribution >= 4 is 17.7 Å². The van der Waals surface area contributed by atoms with E-state index < -0.39 is 5.60 Å². The zero-order valence-corrected chi connectivity index (χ0v) is 16.9. The number of oxazole rings is 1. The van der Waals surface area contributed by atoms with Crippen LogP contribution in [-0.4, -0.2) is 47.4 Å². The molecule has 0 radical (unpaired) electrons. The lowest BCUT2D eigenvalue weighted by atomic mass is 9.99. The molecule has 0 bridgehead atoms. The van der Waals surface area contributed by atoms with Crippen LogP contribution in [0.1, 0.15) is 32.2 Å².